The minimum Gasteiger partial charge on any atom is -0.503 e. The average molecular weight is 617 g/mol. The molecule has 4 rings (SSSR count). The van der Waals surface area contributed by atoms with Crippen LogP contribution in [0.25, 0.3) is 17.1 Å². The summed E-state index contributed by atoms with van der Waals surface area (Å²) >= 11 is 7.98. The van der Waals surface area contributed by atoms with Gasteiger partial charge in [0.1, 0.15) is 0 Å². The van der Waals surface area contributed by atoms with Gasteiger partial charge in [-0.25, -0.2) is 5.43 Å². The quantitative estimate of drug-likeness (QED) is 0.156. The molecule has 1 heterocycles. The highest BCUT2D eigenvalue weighted by atomic mass is 79.9. The summed E-state index contributed by atoms with van der Waals surface area (Å²) in [7, 11) is 1.46. The van der Waals surface area contributed by atoms with Gasteiger partial charge in [0.05, 0.1) is 23.5 Å². The number of hydrazone groups is 1. The van der Waals surface area contributed by atoms with E-state index in [1.807, 2.05) is 59.2 Å². The SMILES string of the molecule is COc1cc(C=NNC(=O)CSc2nnc(-c3ccccc3)n2-c2ccc(Br)cc2)cc(Br)c1O. The number of benzene rings is 3. The lowest BCUT2D eigenvalue weighted by Gasteiger charge is -2.10. The maximum atomic E-state index is 12.4. The largest absolute Gasteiger partial charge is 0.503 e. The number of phenolic OH excluding ortho intramolecular Hbond substituents is 1. The lowest BCUT2D eigenvalue weighted by atomic mass is 10.2. The van der Waals surface area contributed by atoms with E-state index in [1.54, 1.807) is 12.1 Å². The average Bonchev–Trinajstić information content (AvgIpc) is 3.29. The molecule has 0 aliphatic heterocycles. The topological polar surface area (TPSA) is 102 Å². The summed E-state index contributed by atoms with van der Waals surface area (Å²) in [4.78, 5) is 12.4. The van der Waals surface area contributed by atoms with Gasteiger partial charge in [0.25, 0.3) is 5.91 Å². The summed E-state index contributed by atoms with van der Waals surface area (Å²) < 4.78 is 8.46. The molecule has 0 fully saturated rings. The van der Waals surface area contributed by atoms with Gasteiger partial charge in [-0.3, -0.25) is 9.36 Å². The molecule has 0 atom stereocenters. The third-order valence-corrected chi connectivity index (χ3v) is 6.82. The molecule has 0 aliphatic carbocycles. The molecule has 0 bridgehead atoms. The number of carbonyl (C=O) groups is 1. The Morgan fingerprint density at radius 3 is 2.60 bits per heavy atom. The van der Waals surface area contributed by atoms with E-state index >= 15 is 0 Å². The fourth-order valence-electron chi connectivity index (χ4n) is 3.13. The Labute approximate surface area is 222 Å². The normalized spacial score (nSPS) is 11.1. The van der Waals surface area contributed by atoms with E-state index in [1.165, 1.54) is 25.1 Å². The van der Waals surface area contributed by atoms with Crippen molar-refractivity contribution < 1.29 is 14.6 Å². The number of carbonyl (C=O) groups excluding carboxylic acids is 1. The molecular weight excluding hydrogens is 598 g/mol. The number of halogens is 2. The predicted molar refractivity (Wildman–Crippen MR) is 143 cm³/mol. The molecule has 0 saturated heterocycles. The van der Waals surface area contributed by atoms with Crippen molar-refractivity contribution in [3.05, 3.63) is 81.2 Å². The zero-order chi connectivity index (χ0) is 24.8. The second-order valence-electron chi connectivity index (χ2n) is 7.12. The standard InChI is InChI=1S/C24H19Br2N5O3S/c1-34-20-12-15(11-19(26)22(20)33)13-27-28-21(32)14-35-24-30-29-23(16-5-3-2-4-6-16)31(24)18-9-7-17(25)8-10-18/h2-13,33H,14H2,1H3,(H,28,32). The number of thioether (sulfide) groups is 1. The highest BCUT2D eigenvalue weighted by molar-refractivity contribution is 9.10. The number of aromatic nitrogens is 3. The Morgan fingerprint density at radius 2 is 1.89 bits per heavy atom. The molecule has 3 aromatic carbocycles. The molecule has 8 nitrogen and oxygen atoms in total. The molecule has 0 radical (unpaired) electrons. The van der Waals surface area contributed by atoms with Crippen LogP contribution in [-0.2, 0) is 4.79 Å². The molecule has 0 saturated carbocycles. The van der Waals surface area contributed by atoms with Crippen LogP contribution in [0, 0.1) is 0 Å². The van der Waals surface area contributed by atoms with E-state index in [4.69, 9.17) is 4.74 Å². The first-order valence-electron chi connectivity index (χ1n) is 10.2. The number of methoxy groups -OCH3 is 1. The Morgan fingerprint density at radius 1 is 1.14 bits per heavy atom. The van der Waals surface area contributed by atoms with Gasteiger partial charge < -0.3 is 9.84 Å². The highest BCUT2D eigenvalue weighted by Gasteiger charge is 2.17. The lowest BCUT2D eigenvalue weighted by molar-refractivity contribution is -0.118. The second kappa shape index (κ2) is 11.5. The first-order valence-corrected chi connectivity index (χ1v) is 12.8. The molecule has 11 heteroatoms. The maximum Gasteiger partial charge on any atom is 0.250 e. The summed E-state index contributed by atoms with van der Waals surface area (Å²) in [6.07, 6.45) is 1.47. The molecule has 178 valence electrons. The predicted octanol–water partition coefficient (Wildman–Crippen LogP) is 5.42. The van der Waals surface area contributed by atoms with Crippen LogP contribution in [0.2, 0.25) is 0 Å². The van der Waals surface area contributed by atoms with Gasteiger partial charge in [-0.05, 0) is 57.9 Å². The van der Waals surface area contributed by atoms with Crippen LogP contribution in [0.4, 0.5) is 0 Å². The van der Waals surface area contributed by atoms with Crippen molar-refractivity contribution in [2.24, 2.45) is 5.10 Å². The van der Waals surface area contributed by atoms with E-state index in [0.717, 1.165) is 15.7 Å². The van der Waals surface area contributed by atoms with Crippen LogP contribution in [0.3, 0.4) is 0 Å². The van der Waals surface area contributed by atoms with Crippen LogP contribution in [0.1, 0.15) is 5.56 Å². The fourth-order valence-corrected chi connectivity index (χ4v) is 4.59. The molecule has 4 aromatic rings. The highest BCUT2D eigenvalue weighted by Crippen LogP contribution is 2.34. The van der Waals surface area contributed by atoms with Crippen molar-refractivity contribution >= 4 is 55.7 Å². The first kappa shape index (κ1) is 25.0. The van der Waals surface area contributed by atoms with Gasteiger partial charge in [-0.15, -0.1) is 10.2 Å². The number of rotatable bonds is 8. The third-order valence-electron chi connectivity index (χ3n) is 4.76. The molecule has 1 amide bonds. The summed E-state index contributed by atoms with van der Waals surface area (Å²) in [6, 6.07) is 20.8. The fraction of sp³-hybridized carbons (Fsp3) is 0.0833. The Hall–Kier alpha value is -3.15. The smallest absolute Gasteiger partial charge is 0.250 e. The van der Waals surface area contributed by atoms with E-state index < -0.39 is 0 Å². The van der Waals surface area contributed by atoms with Crippen LogP contribution >= 0.6 is 43.6 Å². The summed E-state index contributed by atoms with van der Waals surface area (Å²) in [5.74, 6) is 0.756. The summed E-state index contributed by atoms with van der Waals surface area (Å²) in [5.41, 5.74) is 4.94. The van der Waals surface area contributed by atoms with E-state index in [2.05, 4.69) is 52.6 Å². The number of hydrogen-bond donors (Lipinski definition) is 2. The molecule has 1 aromatic heterocycles. The second-order valence-corrected chi connectivity index (χ2v) is 9.83. The van der Waals surface area contributed by atoms with Crippen LogP contribution < -0.4 is 10.2 Å². The third kappa shape index (κ3) is 6.11. The van der Waals surface area contributed by atoms with Crippen molar-refractivity contribution in [3.8, 4) is 28.6 Å². The molecular formula is C24H19Br2N5O3S. The van der Waals surface area contributed by atoms with Gasteiger partial charge in [0, 0.05) is 15.7 Å². The van der Waals surface area contributed by atoms with Crippen molar-refractivity contribution in [3.63, 3.8) is 0 Å². The van der Waals surface area contributed by atoms with Crippen LogP contribution in [-0.4, -0.2) is 44.9 Å². The number of nitrogens with zero attached hydrogens (tertiary/aromatic N) is 4. The summed E-state index contributed by atoms with van der Waals surface area (Å²) in [6.45, 7) is 0. The number of aromatic hydroxyl groups is 1. The van der Waals surface area contributed by atoms with Crippen LogP contribution in [0.15, 0.2) is 85.9 Å². The maximum absolute atomic E-state index is 12.4. The number of phenols is 1. The van der Waals surface area contributed by atoms with Gasteiger partial charge in [-0.2, -0.15) is 5.10 Å². The van der Waals surface area contributed by atoms with E-state index in [0.29, 0.717) is 26.8 Å². The van der Waals surface area contributed by atoms with Crippen molar-refractivity contribution in [1.82, 2.24) is 20.2 Å². The Balaban J connectivity index is 1.48. The number of nitrogens with one attached hydrogen (secondary N) is 1. The van der Waals surface area contributed by atoms with Gasteiger partial charge in [0.2, 0.25) is 0 Å². The van der Waals surface area contributed by atoms with Crippen molar-refractivity contribution in [2.75, 3.05) is 12.9 Å². The molecule has 35 heavy (non-hydrogen) atoms. The van der Waals surface area contributed by atoms with Crippen LogP contribution in [0.5, 0.6) is 11.5 Å². The van der Waals surface area contributed by atoms with Gasteiger partial charge >= 0.3 is 0 Å². The number of ether oxygens (including phenoxy) is 1. The Bertz CT molecular complexity index is 1360. The first-order chi connectivity index (χ1) is 17.0. The number of hydrogen-bond acceptors (Lipinski definition) is 7. The minimum absolute atomic E-state index is 0.00478. The lowest BCUT2D eigenvalue weighted by Crippen LogP contribution is -2.20. The minimum atomic E-state index is -0.303. The molecule has 0 unspecified atom stereocenters. The van der Waals surface area contributed by atoms with Crippen molar-refractivity contribution in [1.29, 1.82) is 0 Å². The van der Waals surface area contributed by atoms with E-state index in [9.17, 15) is 9.90 Å². The zero-order valence-corrected chi connectivity index (χ0v) is 22.3. The van der Waals surface area contributed by atoms with Gasteiger partial charge in [-0.1, -0.05) is 58.0 Å². The van der Waals surface area contributed by atoms with Gasteiger partial charge in [0.15, 0.2) is 22.5 Å². The monoisotopic (exact) mass is 615 g/mol. The molecule has 0 spiro atoms. The van der Waals surface area contributed by atoms with E-state index in [-0.39, 0.29) is 17.4 Å². The number of amides is 1. The molecule has 0 aliphatic rings. The van der Waals surface area contributed by atoms with Crippen molar-refractivity contribution in [2.45, 2.75) is 5.16 Å². The Kier molecular flexibility index (Phi) is 8.21. The molecule has 2 N–H and O–H groups in total. The summed E-state index contributed by atoms with van der Waals surface area (Å²) in [5, 5.41) is 23.2. The zero-order valence-electron chi connectivity index (χ0n) is 18.4.